The van der Waals surface area contributed by atoms with Gasteiger partial charge in [0, 0.05) is 29.6 Å². The maximum atomic E-state index is 5.39. The van der Waals surface area contributed by atoms with Crippen molar-refractivity contribution in [3.05, 3.63) is 39.9 Å². The summed E-state index contributed by atoms with van der Waals surface area (Å²) < 4.78 is 5.39. The Kier molecular flexibility index (Phi) is 4.96. The molecule has 20 heavy (non-hydrogen) atoms. The molecule has 0 atom stereocenters. The average Bonchev–Trinajstić information content (AvgIpc) is 2.97. The van der Waals surface area contributed by atoms with Crippen LogP contribution >= 0.6 is 11.3 Å². The standard InChI is InChI=1S/C15H23N3OS/c1-15(2,3)16-9-12-8-13(19-17-12)10-18(4)11-14-6-5-7-20-14/h5-8,16H,9-11H2,1-4H3. The van der Waals surface area contributed by atoms with Gasteiger partial charge in [-0.15, -0.1) is 11.3 Å². The van der Waals surface area contributed by atoms with Crippen molar-refractivity contribution in [3.63, 3.8) is 0 Å². The van der Waals surface area contributed by atoms with Crippen LogP contribution in [0.2, 0.25) is 0 Å². The highest BCUT2D eigenvalue weighted by Gasteiger charge is 2.12. The maximum Gasteiger partial charge on any atom is 0.151 e. The van der Waals surface area contributed by atoms with Crippen LogP contribution in [0.25, 0.3) is 0 Å². The van der Waals surface area contributed by atoms with Crippen molar-refractivity contribution in [3.8, 4) is 0 Å². The topological polar surface area (TPSA) is 41.3 Å². The van der Waals surface area contributed by atoms with E-state index in [-0.39, 0.29) is 5.54 Å². The molecule has 0 spiro atoms. The first-order valence-corrected chi connectivity index (χ1v) is 7.71. The van der Waals surface area contributed by atoms with Crippen LogP contribution in [0.15, 0.2) is 28.1 Å². The van der Waals surface area contributed by atoms with E-state index in [1.54, 1.807) is 11.3 Å². The van der Waals surface area contributed by atoms with Crippen molar-refractivity contribution in [2.45, 2.75) is 45.9 Å². The lowest BCUT2D eigenvalue weighted by atomic mass is 10.1. The number of aromatic nitrogens is 1. The summed E-state index contributed by atoms with van der Waals surface area (Å²) in [5, 5.41) is 9.62. The molecule has 0 saturated heterocycles. The van der Waals surface area contributed by atoms with Gasteiger partial charge in [-0.25, -0.2) is 0 Å². The number of thiophene rings is 1. The summed E-state index contributed by atoms with van der Waals surface area (Å²) in [6, 6.07) is 6.27. The van der Waals surface area contributed by atoms with E-state index in [0.717, 1.165) is 31.1 Å². The molecular formula is C15H23N3OS. The number of hydrogen-bond acceptors (Lipinski definition) is 5. The fourth-order valence-corrected chi connectivity index (χ4v) is 2.64. The van der Waals surface area contributed by atoms with Crippen molar-refractivity contribution >= 4 is 11.3 Å². The van der Waals surface area contributed by atoms with Crippen LogP contribution in [-0.4, -0.2) is 22.6 Å². The summed E-state index contributed by atoms with van der Waals surface area (Å²) >= 11 is 1.78. The second kappa shape index (κ2) is 6.52. The largest absolute Gasteiger partial charge is 0.360 e. The van der Waals surface area contributed by atoms with Crippen LogP contribution in [0.5, 0.6) is 0 Å². The second-order valence-corrected chi connectivity index (χ2v) is 7.17. The molecule has 0 aliphatic heterocycles. The normalized spacial score (nSPS) is 12.2. The fourth-order valence-electron chi connectivity index (χ4n) is 1.86. The second-order valence-electron chi connectivity index (χ2n) is 6.14. The minimum atomic E-state index is 0.0923. The van der Waals surface area contributed by atoms with Crippen molar-refractivity contribution in [1.82, 2.24) is 15.4 Å². The Morgan fingerprint density at radius 3 is 2.80 bits per heavy atom. The minimum Gasteiger partial charge on any atom is -0.360 e. The van der Waals surface area contributed by atoms with Crippen LogP contribution in [0, 0.1) is 0 Å². The summed E-state index contributed by atoms with van der Waals surface area (Å²) in [5.74, 6) is 0.912. The lowest BCUT2D eigenvalue weighted by Crippen LogP contribution is -2.35. The molecule has 0 saturated carbocycles. The van der Waals surface area contributed by atoms with Crippen LogP contribution in [0.1, 0.15) is 37.1 Å². The smallest absolute Gasteiger partial charge is 0.151 e. The predicted molar refractivity (Wildman–Crippen MR) is 82.6 cm³/mol. The first-order valence-electron chi connectivity index (χ1n) is 6.83. The van der Waals surface area contributed by atoms with Gasteiger partial charge in [-0.3, -0.25) is 4.90 Å². The highest BCUT2D eigenvalue weighted by molar-refractivity contribution is 7.09. The Morgan fingerprint density at radius 1 is 1.35 bits per heavy atom. The molecule has 2 rings (SSSR count). The first-order chi connectivity index (χ1) is 9.42. The fraction of sp³-hybridized carbons (Fsp3) is 0.533. The van der Waals surface area contributed by atoms with Crippen molar-refractivity contribution < 1.29 is 4.52 Å². The minimum absolute atomic E-state index is 0.0923. The van der Waals surface area contributed by atoms with E-state index in [0.29, 0.717) is 0 Å². The molecule has 0 unspecified atom stereocenters. The zero-order chi connectivity index (χ0) is 14.6. The molecule has 0 fully saturated rings. The lowest BCUT2D eigenvalue weighted by molar-refractivity contribution is 0.267. The number of nitrogens with one attached hydrogen (secondary N) is 1. The molecule has 2 aromatic heterocycles. The molecule has 2 aromatic rings. The SMILES string of the molecule is CN(Cc1cc(CNC(C)(C)C)no1)Cc1cccs1. The zero-order valence-corrected chi connectivity index (χ0v) is 13.5. The monoisotopic (exact) mass is 293 g/mol. The van der Waals surface area contributed by atoms with Crippen LogP contribution in [-0.2, 0) is 19.6 Å². The number of nitrogens with zero attached hydrogens (tertiary/aromatic N) is 2. The van der Waals surface area contributed by atoms with Crippen molar-refractivity contribution in [2.75, 3.05) is 7.05 Å². The Morgan fingerprint density at radius 2 is 2.15 bits per heavy atom. The molecule has 0 aliphatic rings. The van der Waals surface area contributed by atoms with E-state index in [2.05, 4.69) is 60.7 Å². The molecule has 0 amide bonds. The van der Waals surface area contributed by atoms with Gasteiger partial charge in [-0.05, 0) is 39.3 Å². The van der Waals surface area contributed by atoms with Crippen molar-refractivity contribution in [1.29, 1.82) is 0 Å². The summed E-state index contributed by atoms with van der Waals surface area (Å²) in [6.45, 7) is 8.88. The molecule has 5 heteroatoms. The van der Waals surface area contributed by atoms with Crippen LogP contribution in [0.4, 0.5) is 0 Å². The van der Waals surface area contributed by atoms with E-state index in [1.165, 1.54) is 4.88 Å². The first kappa shape index (κ1) is 15.2. The van der Waals surface area contributed by atoms with Gasteiger partial charge in [0.2, 0.25) is 0 Å². The van der Waals surface area contributed by atoms with Crippen LogP contribution < -0.4 is 5.32 Å². The molecule has 1 N–H and O–H groups in total. The zero-order valence-electron chi connectivity index (χ0n) is 12.6. The Labute approximate surface area is 124 Å². The predicted octanol–water partition coefficient (Wildman–Crippen LogP) is 3.26. The van der Waals surface area contributed by atoms with Gasteiger partial charge in [0.05, 0.1) is 12.2 Å². The third kappa shape index (κ3) is 5.07. The molecule has 0 radical (unpaired) electrons. The molecule has 4 nitrogen and oxygen atoms in total. The van der Waals surface area contributed by atoms with Gasteiger partial charge in [0.15, 0.2) is 5.76 Å². The summed E-state index contributed by atoms with van der Waals surface area (Å²) in [4.78, 5) is 3.59. The van der Waals surface area contributed by atoms with Gasteiger partial charge < -0.3 is 9.84 Å². The van der Waals surface area contributed by atoms with Gasteiger partial charge >= 0.3 is 0 Å². The molecule has 0 bridgehead atoms. The lowest BCUT2D eigenvalue weighted by Gasteiger charge is -2.19. The molecule has 0 aromatic carbocycles. The van der Waals surface area contributed by atoms with Gasteiger partial charge in [0.1, 0.15) is 0 Å². The molecule has 110 valence electrons. The third-order valence-corrected chi connectivity index (χ3v) is 3.70. The van der Waals surface area contributed by atoms with Crippen LogP contribution in [0.3, 0.4) is 0 Å². The van der Waals surface area contributed by atoms with E-state index >= 15 is 0 Å². The average molecular weight is 293 g/mol. The highest BCUT2D eigenvalue weighted by atomic mass is 32.1. The Balaban J connectivity index is 1.83. The van der Waals surface area contributed by atoms with Gasteiger partial charge in [0.25, 0.3) is 0 Å². The van der Waals surface area contributed by atoms with E-state index < -0.39 is 0 Å². The summed E-state index contributed by atoms with van der Waals surface area (Å²) in [6.07, 6.45) is 0. The number of rotatable bonds is 6. The Bertz CT molecular complexity index is 513. The number of hydrogen-bond donors (Lipinski definition) is 1. The van der Waals surface area contributed by atoms with Crippen molar-refractivity contribution in [2.24, 2.45) is 0 Å². The summed E-state index contributed by atoms with van der Waals surface area (Å²) in [5.41, 5.74) is 1.05. The third-order valence-electron chi connectivity index (χ3n) is 2.84. The van der Waals surface area contributed by atoms with Gasteiger partial charge in [-0.1, -0.05) is 11.2 Å². The van der Waals surface area contributed by atoms with Gasteiger partial charge in [-0.2, -0.15) is 0 Å². The molecule has 0 aliphatic carbocycles. The highest BCUT2D eigenvalue weighted by Crippen LogP contribution is 2.14. The summed E-state index contributed by atoms with van der Waals surface area (Å²) in [7, 11) is 2.09. The molecule has 2 heterocycles. The maximum absolute atomic E-state index is 5.39. The molecular weight excluding hydrogens is 270 g/mol. The van der Waals surface area contributed by atoms with E-state index in [1.807, 2.05) is 6.07 Å². The van der Waals surface area contributed by atoms with E-state index in [4.69, 9.17) is 4.52 Å². The van der Waals surface area contributed by atoms with E-state index in [9.17, 15) is 0 Å². The quantitative estimate of drug-likeness (QED) is 0.887. The Hall–Kier alpha value is -1.17.